The summed E-state index contributed by atoms with van der Waals surface area (Å²) in [5.41, 5.74) is 13.4. The van der Waals surface area contributed by atoms with Crippen LogP contribution >= 0.6 is 0 Å². The molecule has 1 aromatic heterocycles. The summed E-state index contributed by atoms with van der Waals surface area (Å²) >= 11 is 0. The maximum Gasteiger partial charge on any atom is 0.269 e. The van der Waals surface area contributed by atoms with Crippen molar-refractivity contribution in [3.8, 4) is 28.1 Å². The van der Waals surface area contributed by atoms with Crippen LogP contribution in [0.25, 0.3) is 28.0 Å². The van der Waals surface area contributed by atoms with Crippen LogP contribution in [0.5, 0.6) is 5.75 Å². The highest BCUT2D eigenvalue weighted by molar-refractivity contribution is 5.96. The number of hydrogen-bond acceptors (Lipinski definition) is 4. The number of ether oxygens (including phenoxy) is 1. The van der Waals surface area contributed by atoms with Crippen molar-refractivity contribution in [2.45, 2.75) is 13.3 Å². The molecule has 1 heterocycles. The molecule has 0 saturated heterocycles. The number of nitrogens with one attached hydrogen (secondary N) is 1. The van der Waals surface area contributed by atoms with Gasteiger partial charge in [0.15, 0.2) is 0 Å². The topological polar surface area (TPSA) is 77.2 Å². The maximum absolute atomic E-state index is 12.8. The van der Waals surface area contributed by atoms with E-state index >= 15 is 0 Å². The predicted molar refractivity (Wildman–Crippen MR) is 120 cm³/mol. The number of carbonyl (C=O) groups is 1. The molecule has 0 saturated carbocycles. The van der Waals surface area contributed by atoms with E-state index in [4.69, 9.17) is 15.5 Å². The van der Waals surface area contributed by atoms with E-state index in [1.165, 1.54) is 11.1 Å². The van der Waals surface area contributed by atoms with Crippen molar-refractivity contribution in [3.63, 3.8) is 0 Å². The van der Waals surface area contributed by atoms with Crippen molar-refractivity contribution in [2.24, 2.45) is 5.73 Å². The lowest BCUT2D eigenvalue weighted by atomic mass is 9.92. The van der Waals surface area contributed by atoms with Gasteiger partial charge in [0, 0.05) is 18.7 Å². The Morgan fingerprint density at radius 2 is 1.80 bits per heavy atom. The molecule has 0 spiro atoms. The molecule has 3 N–H and O–H groups in total. The highest BCUT2D eigenvalue weighted by atomic mass is 16.5. The van der Waals surface area contributed by atoms with Gasteiger partial charge in [0.25, 0.3) is 5.91 Å². The van der Waals surface area contributed by atoms with Crippen LogP contribution in [0.3, 0.4) is 0 Å². The number of allylic oxidation sites excluding steroid dienone is 2. The fourth-order valence-electron chi connectivity index (χ4n) is 3.58. The summed E-state index contributed by atoms with van der Waals surface area (Å²) in [6, 6.07) is 17.9. The molecule has 152 valence electrons. The Morgan fingerprint density at radius 3 is 2.43 bits per heavy atom. The molecule has 0 atom stereocenters. The van der Waals surface area contributed by atoms with Gasteiger partial charge in [-0.3, -0.25) is 4.79 Å². The second kappa shape index (κ2) is 8.51. The van der Waals surface area contributed by atoms with Gasteiger partial charge in [0.1, 0.15) is 11.4 Å². The number of hydrogen-bond donors (Lipinski definition) is 2. The van der Waals surface area contributed by atoms with Crippen molar-refractivity contribution in [1.29, 1.82) is 0 Å². The fourth-order valence-corrected chi connectivity index (χ4v) is 3.58. The zero-order chi connectivity index (χ0) is 21.1. The summed E-state index contributed by atoms with van der Waals surface area (Å²) < 4.78 is 5.28. The number of aromatic nitrogens is 1. The molecule has 1 aliphatic carbocycles. The molecule has 30 heavy (non-hydrogen) atoms. The van der Waals surface area contributed by atoms with Crippen LogP contribution in [0.15, 0.2) is 60.7 Å². The summed E-state index contributed by atoms with van der Waals surface area (Å²) in [5, 5.41) is 2.84. The van der Waals surface area contributed by atoms with E-state index in [0.29, 0.717) is 18.8 Å². The predicted octanol–water partition coefficient (Wildman–Crippen LogP) is 4.21. The first-order chi connectivity index (χ1) is 14.6. The van der Waals surface area contributed by atoms with Gasteiger partial charge in [-0.1, -0.05) is 30.3 Å². The third-order valence-electron chi connectivity index (χ3n) is 5.27. The lowest BCUT2D eigenvalue weighted by molar-refractivity contribution is 0.0950. The fraction of sp³-hybridized carbons (Fsp3) is 0.200. The van der Waals surface area contributed by atoms with Crippen molar-refractivity contribution >= 4 is 11.5 Å². The number of benzene rings is 2. The van der Waals surface area contributed by atoms with Crippen molar-refractivity contribution in [1.82, 2.24) is 10.3 Å². The van der Waals surface area contributed by atoms with Crippen LogP contribution in [-0.2, 0) is 0 Å². The Bertz CT molecular complexity index is 1120. The Kier molecular flexibility index (Phi) is 5.63. The highest BCUT2D eigenvalue weighted by Gasteiger charge is 2.20. The van der Waals surface area contributed by atoms with Gasteiger partial charge in [-0.2, -0.15) is 0 Å². The molecule has 0 aliphatic heterocycles. The van der Waals surface area contributed by atoms with Crippen LogP contribution in [0.2, 0.25) is 0 Å². The van der Waals surface area contributed by atoms with Crippen LogP contribution in [0, 0.1) is 6.92 Å². The standard InChI is InChI=1S/C25H25N3O2/c1-16-22(21-6-4-3-5-20(21)17-7-8-17)15-23(25(29)27-14-13-26)28-24(16)18-9-11-19(30-2)12-10-18/h3-7,9-12,15H,8,13-14,26H2,1-2H3,(H,27,29). The van der Waals surface area contributed by atoms with Crippen molar-refractivity contribution in [2.75, 3.05) is 20.2 Å². The lowest BCUT2D eigenvalue weighted by Gasteiger charge is -2.16. The molecule has 4 rings (SSSR count). The average Bonchev–Trinajstić information content (AvgIpc) is 3.63. The zero-order valence-corrected chi connectivity index (χ0v) is 17.2. The second-order valence-electron chi connectivity index (χ2n) is 7.28. The van der Waals surface area contributed by atoms with Gasteiger partial charge in [0.05, 0.1) is 12.8 Å². The molecule has 0 unspecified atom stereocenters. The van der Waals surface area contributed by atoms with E-state index in [1.807, 2.05) is 42.5 Å². The van der Waals surface area contributed by atoms with E-state index in [1.54, 1.807) is 7.11 Å². The highest BCUT2D eigenvalue weighted by Crippen LogP contribution is 2.40. The Hall–Kier alpha value is -3.44. The van der Waals surface area contributed by atoms with Crippen LogP contribution in [-0.4, -0.2) is 31.1 Å². The van der Waals surface area contributed by atoms with Gasteiger partial charge >= 0.3 is 0 Å². The number of nitrogens with two attached hydrogens (primary N) is 1. The molecule has 3 aromatic rings. The van der Waals surface area contributed by atoms with E-state index in [9.17, 15) is 4.79 Å². The summed E-state index contributed by atoms with van der Waals surface area (Å²) in [5.74, 6) is 0.555. The molecule has 2 aromatic carbocycles. The van der Waals surface area contributed by atoms with Crippen LogP contribution < -0.4 is 15.8 Å². The first kappa shape index (κ1) is 19.9. The summed E-state index contributed by atoms with van der Waals surface area (Å²) in [7, 11) is 1.64. The minimum atomic E-state index is -0.223. The Balaban J connectivity index is 1.88. The lowest BCUT2D eigenvalue weighted by Crippen LogP contribution is -2.29. The SMILES string of the molecule is COc1ccc(-c2nc(C(=O)NCCN)cc(-c3ccccc3C3=CC3)c2C)cc1. The Morgan fingerprint density at radius 1 is 1.10 bits per heavy atom. The molecule has 0 bridgehead atoms. The quantitative estimate of drug-likeness (QED) is 0.624. The van der Waals surface area contributed by atoms with E-state index in [-0.39, 0.29) is 5.91 Å². The molecule has 0 fully saturated rings. The van der Waals surface area contributed by atoms with Crippen LogP contribution in [0.1, 0.15) is 28.0 Å². The molecular formula is C25H25N3O2. The summed E-state index contributed by atoms with van der Waals surface area (Å²) in [6.07, 6.45) is 3.23. The normalized spacial score (nSPS) is 12.3. The summed E-state index contributed by atoms with van der Waals surface area (Å²) in [6.45, 7) is 2.85. The number of carbonyl (C=O) groups excluding carboxylic acids is 1. The van der Waals surface area contributed by atoms with Gasteiger partial charge < -0.3 is 15.8 Å². The summed E-state index contributed by atoms with van der Waals surface area (Å²) in [4.78, 5) is 17.5. The minimum absolute atomic E-state index is 0.223. The second-order valence-corrected chi connectivity index (χ2v) is 7.28. The van der Waals surface area contributed by atoms with Gasteiger partial charge in [-0.15, -0.1) is 0 Å². The molecule has 5 nitrogen and oxygen atoms in total. The number of nitrogens with zero attached hydrogens (tertiary/aromatic N) is 1. The van der Waals surface area contributed by atoms with Gasteiger partial charge in [0.2, 0.25) is 0 Å². The first-order valence-corrected chi connectivity index (χ1v) is 10.1. The number of rotatable bonds is 7. The average molecular weight is 399 g/mol. The van der Waals surface area contributed by atoms with Gasteiger partial charge in [-0.25, -0.2) is 4.98 Å². The van der Waals surface area contributed by atoms with Crippen LogP contribution in [0.4, 0.5) is 0 Å². The molecular weight excluding hydrogens is 374 g/mol. The monoisotopic (exact) mass is 399 g/mol. The molecule has 1 amide bonds. The largest absolute Gasteiger partial charge is 0.497 e. The number of pyridine rings is 1. The number of amides is 1. The minimum Gasteiger partial charge on any atom is -0.497 e. The third-order valence-corrected chi connectivity index (χ3v) is 5.27. The third kappa shape index (κ3) is 3.98. The van der Waals surface area contributed by atoms with E-state index < -0.39 is 0 Å². The Labute approximate surface area is 176 Å². The van der Waals surface area contributed by atoms with E-state index in [0.717, 1.165) is 40.1 Å². The maximum atomic E-state index is 12.8. The van der Waals surface area contributed by atoms with Gasteiger partial charge in [-0.05, 0) is 71.5 Å². The molecule has 1 aliphatic rings. The zero-order valence-electron chi connectivity index (χ0n) is 17.2. The van der Waals surface area contributed by atoms with Crippen molar-refractivity contribution in [3.05, 3.63) is 77.5 Å². The number of methoxy groups -OCH3 is 1. The molecule has 5 heteroatoms. The first-order valence-electron chi connectivity index (χ1n) is 10.1. The van der Waals surface area contributed by atoms with E-state index in [2.05, 4.69) is 30.4 Å². The van der Waals surface area contributed by atoms with Crippen molar-refractivity contribution < 1.29 is 9.53 Å². The smallest absolute Gasteiger partial charge is 0.269 e. The molecule has 0 radical (unpaired) electrons.